The monoisotopic (exact) mass is 494 g/mol. The summed E-state index contributed by atoms with van der Waals surface area (Å²) in [7, 11) is 4.68. The lowest BCUT2D eigenvalue weighted by Gasteiger charge is -2.16. The van der Waals surface area contributed by atoms with Crippen LogP contribution in [0.2, 0.25) is 0 Å². The van der Waals surface area contributed by atoms with Crippen LogP contribution in [0.5, 0.6) is 17.2 Å². The third-order valence-corrected chi connectivity index (χ3v) is 6.08. The van der Waals surface area contributed by atoms with Crippen LogP contribution in [0.15, 0.2) is 85.2 Å². The van der Waals surface area contributed by atoms with E-state index in [2.05, 4.69) is 10.4 Å². The lowest BCUT2D eigenvalue weighted by molar-refractivity contribution is 0.102. The molecule has 0 saturated heterocycles. The van der Waals surface area contributed by atoms with Gasteiger partial charge in [0, 0.05) is 29.0 Å². The van der Waals surface area contributed by atoms with E-state index in [1.165, 1.54) is 0 Å². The number of amides is 1. The van der Waals surface area contributed by atoms with Gasteiger partial charge in [0.2, 0.25) is 5.75 Å². The summed E-state index contributed by atoms with van der Waals surface area (Å²) in [6, 6.07) is 22.6. The van der Waals surface area contributed by atoms with Crippen LogP contribution >= 0.6 is 0 Å². The number of carbonyl (C=O) groups excluding carboxylic acids is 1. The molecule has 0 saturated carbocycles. The maximum atomic E-state index is 13.7. The second-order valence-electron chi connectivity index (χ2n) is 8.30. The molecule has 0 radical (unpaired) electrons. The van der Waals surface area contributed by atoms with Gasteiger partial charge in [-0.2, -0.15) is 5.10 Å². The Morgan fingerprint density at radius 3 is 2.32 bits per heavy atom. The highest BCUT2D eigenvalue weighted by Gasteiger charge is 2.19. The number of hydrogen-bond donors (Lipinski definition) is 1. The zero-order valence-corrected chi connectivity index (χ0v) is 20.8. The number of pyridine rings is 1. The Labute approximate surface area is 214 Å². The van der Waals surface area contributed by atoms with Crippen LogP contribution in [-0.4, -0.2) is 42.0 Å². The fourth-order valence-corrected chi connectivity index (χ4v) is 4.28. The summed E-state index contributed by atoms with van der Waals surface area (Å²) in [6.45, 7) is 0.539. The van der Waals surface area contributed by atoms with Crippen molar-refractivity contribution in [3.8, 4) is 28.5 Å². The standard InChI is InChI=1S/C29H26N4O4/c1-35-26-15-20(16-27(36-2)28(26)37-3)25-17-22(21-10-5-7-12-24(21)31-25)29(34)32-23-11-6-4-9-19(23)18-33-14-8-13-30-33/h4-17H,18H2,1-3H3,(H,32,34). The maximum Gasteiger partial charge on any atom is 0.256 e. The Balaban J connectivity index is 1.57. The number of carbonyl (C=O) groups is 1. The smallest absolute Gasteiger partial charge is 0.256 e. The van der Waals surface area contributed by atoms with Gasteiger partial charge in [-0.15, -0.1) is 0 Å². The first-order chi connectivity index (χ1) is 18.1. The van der Waals surface area contributed by atoms with Gasteiger partial charge in [0.05, 0.1) is 44.6 Å². The fourth-order valence-electron chi connectivity index (χ4n) is 4.28. The largest absolute Gasteiger partial charge is 0.493 e. The lowest BCUT2D eigenvalue weighted by Crippen LogP contribution is -2.15. The van der Waals surface area contributed by atoms with Gasteiger partial charge in [-0.3, -0.25) is 9.48 Å². The third kappa shape index (κ3) is 4.81. The number of fused-ring (bicyclic) bond motifs is 1. The van der Waals surface area contributed by atoms with E-state index in [9.17, 15) is 4.79 Å². The maximum absolute atomic E-state index is 13.7. The van der Waals surface area contributed by atoms with Crippen LogP contribution in [0.25, 0.3) is 22.2 Å². The van der Waals surface area contributed by atoms with Crippen molar-refractivity contribution in [1.29, 1.82) is 0 Å². The zero-order valence-electron chi connectivity index (χ0n) is 20.8. The number of methoxy groups -OCH3 is 3. The van der Waals surface area contributed by atoms with Gasteiger partial charge in [0.25, 0.3) is 5.91 Å². The Kier molecular flexibility index (Phi) is 6.72. The summed E-state index contributed by atoms with van der Waals surface area (Å²) in [4.78, 5) is 18.5. The number of anilines is 1. The van der Waals surface area contributed by atoms with E-state index in [0.29, 0.717) is 40.6 Å². The normalized spacial score (nSPS) is 10.8. The molecule has 0 unspecified atom stereocenters. The highest BCUT2D eigenvalue weighted by Crippen LogP contribution is 2.41. The van der Waals surface area contributed by atoms with Crippen LogP contribution in [0.4, 0.5) is 5.69 Å². The van der Waals surface area contributed by atoms with Crippen molar-refractivity contribution in [2.24, 2.45) is 0 Å². The van der Waals surface area contributed by atoms with Gasteiger partial charge in [0.1, 0.15) is 0 Å². The van der Waals surface area contributed by atoms with Gasteiger partial charge in [-0.05, 0) is 42.0 Å². The molecule has 0 bridgehead atoms. The summed E-state index contributed by atoms with van der Waals surface area (Å²) in [5.74, 6) is 1.26. The van der Waals surface area contributed by atoms with E-state index >= 15 is 0 Å². The molecule has 5 rings (SSSR count). The number of nitrogens with zero attached hydrogens (tertiary/aromatic N) is 3. The zero-order chi connectivity index (χ0) is 25.8. The van der Waals surface area contributed by atoms with Crippen LogP contribution in [0, 0.1) is 0 Å². The van der Waals surface area contributed by atoms with Crippen molar-refractivity contribution in [1.82, 2.24) is 14.8 Å². The molecule has 1 amide bonds. The highest BCUT2D eigenvalue weighted by molar-refractivity contribution is 6.13. The summed E-state index contributed by atoms with van der Waals surface area (Å²) < 4.78 is 18.3. The first kappa shape index (κ1) is 23.9. The van der Waals surface area contributed by atoms with Gasteiger partial charge < -0.3 is 19.5 Å². The number of para-hydroxylation sites is 2. The molecule has 0 aliphatic rings. The molecule has 2 aromatic heterocycles. The predicted octanol–water partition coefficient (Wildman–Crippen LogP) is 5.42. The number of hydrogen-bond acceptors (Lipinski definition) is 6. The molecule has 37 heavy (non-hydrogen) atoms. The minimum atomic E-state index is -0.236. The molecule has 5 aromatic rings. The number of rotatable bonds is 8. The Morgan fingerprint density at radius 1 is 0.892 bits per heavy atom. The first-order valence-electron chi connectivity index (χ1n) is 11.7. The van der Waals surface area contributed by atoms with Crippen molar-refractivity contribution < 1.29 is 19.0 Å². The average molecular weight is 495 g/mol. The summed E-state index contributed by atoms with van der Waals surface area (Å²) in [5.41, 5.74) is 4.20. The van der Waals surface area contributed by atoms with Crippen molar-refractivity contribution >= 4 is 22.5 Å². The summed E-state index contributed by atoms with van der Waals surface area (Å²) >= 11 is 0. The second kappa shape index (κ2) is 10.4. The number of benzene rings is 3. The Morgan fingerprint density at radius 2 is 1.62 bits per heavy atom. The molecular formula is C29H26N4O4. The van der Waals surface area contributed by atoms with Crippen molar-refractivity contribution in [3.05, 3.63) is 96.3 Å². The Hall–Kier alpha value is -4.85. The number of nitrogens with one attached hydrogen (secondary N) is 1. The van der Waals surface area contributed by atoms with Gasteiger partial charge >= 0.3 is 0 Å². The van der Waals surface area contributed by atoms with Crippen molar-refractivity contribution in [2.45, 2.75) is 6.54 Å². The van der Waals surface area contributed by atoms with E-state index in [-0.39, 0.29) is 5.91 Å². The SMILES string of the molecule is COc1cc(-c2cc(C(=O)Nc3ccccc3Cn3cccn3)c3ccccc3n2)cc(OC)c1OC. The minimum absolute atomic E-state index is 0.236. The molecule has 2 heterocycles. The first-order valence-corrected chi connectivity index (χ1v) is 11.7. The fraction of sp³-hybridized carbons (Fsp3) is 0.138. The summed E-state index contributed by atoms with van der Waals surface area (Å²) in [6.07, 6.45) is 3.62. The molecule has 8 heteroatoms. The topological polar surface area (TPSA) is 87.5 Å². The highest BCUT2D eigenvalue weighted by atomic mass is 16.5. The van der Waals surface area contributed by atoms with Crippen LogP contribution < -0.4 is 19.5 Å². The molecule has 1 N–H and O–H groups in total. The second-order valence-corrected chi connectivity index (χ2v) is 8.30. The Bertz CT molecular complexity index is 1540. The minimum Gasteiger partial charge on any atom is -0.493 e. The average Bonchev–Trinajstić information content (AvgIpc) is 3.45. The van der Waals surface area contributed by atoms with E-state index < -0.39 is 0 Å². The molecule has 0 aliphatic heterocycles. The molecule has 0 atom stereocenters. The quantitative estimate of drug-likeness (QED) is 0.310. The van der Waals surface area contributed by atoms with Gasteiger partial charge in [-0.25, -0.2) is 4.98 Å². The molecular weight excluding hydrogens is 468 g/mol. The number of ether oxygens (including phenoxy) is 3. The molecule has 0 aliphatic carbocycles. The van der Waals surface area contributed by atoms with Crippen LogP contribution in [-0.2, 0) is 6.54 Å². The van der Waals surface area contributed by atoms with Crippen LogP contribution in [0.3, 0.4) is 0 Å². The summed E-state index contributed by atoms with van der Waals surface area (Å²) in [5, 5.41) is 8.13. The van der Waals surface area contributed by atoms with E-state index in [1.807, 2.05) is 77.6 Å². The lowest BCUT2D eigenvalue weighted by atomic mass is 10.0. The molecule has 186 valence electrons. The number of aromatic nitrogens is 3. The van der Waals surface area contributed by atoms with E-state index in [0.717, 1.165) is 22.2 Å². The van der Waals surface area contributed by atoms with E-state index in [4.69, 9.17) is 19.2 Å². The molecule has 0 spiro atoms. The van der Waals surface area contributed by atoms with Gasteiger partial charge in [0.15, 0.2) is 11.5 Å². The predicted molar refractivity (Wildman–Crippen MR) is 143 cm³/mol. The van der Waals surface area contributed by atoms with Gasteiger partial charge in [-0.1, -0.05) is 36.4 Å². The van der Waals surface area contributed by atoms with E-state index in [1.54, 1.807) is 33.6 Å². The molecule has 8 nitrogen and oxygen atoms in total. The van der Waals surface area contributed by atoms with Crippen molar-refractivity contribution in [2.75, 3.05) is 26.6 Å². The van der Waals surface area contributed by atoms with Crippen LogP contribution in [0.1, 0.15) is 15.9 Å². The molecule has 0 fully saturated rings. The van der Waals surface area contributed by atoms with Crippen molar-refractivity contribution in [3.63, 3.8) is 0 Å². The third-order valence-electron chi connectivity index (χ3n) is 6.08. The molecule has 3 aromatic carbocycles.